The minimum absolute atomic E-state index is 0.00708. The molecule has 0 saturated carbocycles. The molecule has 350 valence electrons. The van der Waals surface area contributed by atoms with Gasteiger partial charge in [-0.05, 0) is 69.1 Å². The van der Waals surface area contributed by atoms with Gasteiger partial charge < -0.3 is 62.7 Å². The molecule has 6 heterocycles. The topological polar surface area (TPSA) is 170 Å². The number of esters is 1. The second kappa shape index (κ2) is 19.8. The lowest BCUT2D eigenvalue weighted by Crippen LogP contribution is -2.58. The predicted octanol–water partition coefficient (Wildman–Crippen LogP) is 5.60. The van der Waals surface area contributed by atoms with Crippen LogP contribution >= 0.6 is 0 Å². The van der Waals surface area contributed by atoms with Crippen LogP contribution in [0.25, 0.3) is 0 Å². The van der Waals surface area contributed by atoms with Gasteiger partial charge in [0.25, 0.3) is 0 Å². The maximum atomic E-state index is 14.4. The summed E-state index contributed by atoms with van der Waals surface area (Å²) in [5.41, 5.74) is 0.188. The van der Waals surface area contributed by atoms with Crippen molar-refractivity contribution < 1.29 is 67.5 Å². The molecule has 0 aromatic rings. The molecule has 14 nitrogen and oxygen atoms in total. The van der Waals surface area contributed by atoms with Crippen LogP contribution < -0.4 is 0 Å². The van der Waals surface area contributed by atoms with Crippen molar-refractivity contribution in [3.05, 3.63) is 47.1 Å². The number of rotatable bonds is 8. The molecular weight excluding hydrogens is 801 g/mol. The summed E-state index contributed by atoms with van der Waals surface area (Å²) in [7, 11) is 3.23. The zero-order chi connectivity index (χ0) is 44.7. The van der Waals surface area contributed by atoms with Gasteiger partial charge in [0.2, 0.25) is 0 Å². The van der Waals surface area contributed by atoms with E-state index in [0.29, 0.717) is 61.5 Å². The number of aliphatic hydroxyl groups excluding tert-OH is 2. The molecule has 0 aromatic carbocycles. The second-order valence-corrected chi connectivity index (χ2v) is 19.4. The molecule has 5 fully saturated rings. The monoisotopic (exact) mass is 875 g/mol. The van der Waals surface area contributed by atoms with Crippen LogP contribution in [0, 0.1) is 23.7 Å². The van der Waals surface area contributed by atoms with Gasteiger partial charge in [0.05, 0.1) is 49.3 Å². The first-order valence-corrected chi connectivity index (χ1v) is 23.2. The fraction of sp³-hybridized carbons (Fsp3) is 0.812. The summed E-state index contributed by atoms with van der Waals surface area (Å²) in [6.45, 7) is 16.3. The van der Waals surface area contributed by atoms with Crippen LogP contribution in [0.15, 0.2) is 47.1 Å². The Hall–Kier alpha value is -2.05. The number of hydrogen-bond acceptors (Lipinski definition) is 14. The highest BCUT2D eigenvalue weighted by Gasteiger charge is 2.60. The van der Waals surface area contributed by atoms with E-state index in [-0.39, 0.29) is 30.8 Å². The quantitative estimate of drug-likeness (QED) is 0.204. The Labute approximate surface area is 368 Å². The highest BCUT2D eigenvalue weighted by Crippen LogP contribution is 2.48. The minimum Gasteiger partial charge on any atom is -0.462 e. The lowest BCUT2D eigenvalue weighted by molar-refractivity contribution is -0.340. The fourth-order valence-electron chi connectivity index (χ4n) is 11.0. The Morgan fingerprint density at radius 2 is 1.63 bits per heavy atom. The molecule has 20 atom stereocenters. The van der Waals surface area contributed by atoms with Gasteiger partial charge in [0.1, 0.15) is 42.0 Å². The molecule has 5 saturated heterocycles. The van der Waals surface area contributed by atoms with Gasteiger partial charge in [-0.2, -0.15) is 0 Å². The Balaban J connectivity index is 1.18. The van der Waals surface area contributed by atoms with Crippen molar-refractivity contribution in [2.75, 3.05) is 20.8 Å². The first-order valence-electron chi connectivity index (χ1n) is 23.2. The van der Waals surface area contributed by atoms with Crippen molar-refractivity contribution in [2.24, 2.45) is 23.7 Å². The maximum absolute atomic E-state index is 14.4. The molecule has 3 N–H and O–H groups in total. The highest BCUT2D eigenvalue weighted by molar-refractivity contribution is 5.78. The number of allylic oxidation sites excluding steroid dienone is 2. The summed E-state index contributed by atoms with van der Waals surface area (Å²) in [5, 5.41) is 34.2. The zero-order valence-corrected chi connectivity index (χ0v) is 38.5. The van der Waals surface area contributed by atoms with Crippen LogP contribution in [0.4, 0.5) is 0 Å². The van der Waals surface area contributed by atoms with Crippen LogP contribution in [-0.2, 0) is 52.2 Å². The molecule has 7 rings (SSSR count). The number of carbonyl (C=O) groups excluding carboxylic acids is 1. The molecule has 2 unspecified atom stereocenters. The van der Waals surface area contributed by atoms with Crippen molar-refractivity contribution in [2.45, 2.75) is 204 Å². The molecule has 1 aliphatic carbocycles. The molecule has 62 heavy (non-hydrogen) atoms. The Bertz CT molecular complexity index is 1680. The van der Waals surface area contributed by atoms with E-state index in [0.717, 1.165) is 18.4 Å². The van der Waals surface area contributed by atoms with E-state index < -0.39 is 90.8 Å². The zero-order valence-electron chi connectivity index (χ0n) is 38.5. The summed E-state index contributed by atoms with van der Waals surface area (Å²) < 4.78 is 63.9. The average Bonchev–Trinajstić information content (AvgIpc) is 3.58. The van der Waals surface area contributed by atoms with Gasteiger partial charge in [0.15, 0.2) is 18.4 Å². The second-order valence-electron chi connectivity index (χ2n) is 19.4. The fourth-order valence-corrected chi connectivity index (χ4v) is 11.0. The average molecular weight is 875 g/mol. The standard InChI is InChI=1S/C48H74O14/c1-11-25(2)43-28(5)17-18-47(62-43)23-34-20-33(61-47)16-15-27(4)42(26(3)13-12-14-32-24-55-45-40(49)29(6)19-35(46(51)58-34)48(32,45)52)59-39-22-37(54-10)44(31(8)57-39)60-38-21-36(53-9)41(50)30(7)56-38/h12-15,19,25-26,28,30-31,33-45,49-50,52H,11,16-18,20-24H2,1-10H3/b13-12+,27-15+,32-14+/t25-,26-,28-,30-,31-,33+,34-,35-,36-,37-,38-,39-,40+,41-,42?,43+,44?,45+,47+,48+/m0/s1. The molecule has 0 aromatic heterocycles. The van der Waals surface area contributed by atoms with E-state index in [2.05, 4.69) is 40.7 Å². The number of carbonyl (C=O) groups is 1. The third kappa shape index (κ3) is 9.73. The predicted molar refractivity (Wildman–Crippen MR) is 227 cm³/mol. The normalized spacial score (nSPS) is 49.4. The molecule has 0 amide bonds. The van der Waals surface area contributed by atoms with Crippen LogP contribution in [0.5, 0.6) is 0 Å². The molecule has 7 aliphatic rings. The maximum Gasteiger partial charge on any atom is 0.316 e. The van der Waals surface area contributed by atoms with Gasteiger partial charge in [-0.3, -0.25) is 4.79 Å². The summed E-state index contributed by atoms with van der Waals surface area (Å²) >= 11 is 0. The first kappa shape index (κ1) is 47.9. The lowest BCUT2D eigenvalue weighted by Gasteiger charge is -2.51. The van der Waals surface area contributed by atoms with E-state index in [9.17, 15) is 20.1 Å². The number of aliphatic hydroxyl groups is 3. The van der Waals surface area contributed by atoms with Gasteiger partial charge in [-0.15, -0.1) is 0 Å². The van der Waals surface area contributed by atoms with Gasteiger partial charge in [-0.1, -0.05) is 64.5 Å². The van der Waals surface area contributed by atoms with Crippen molar-refractivity contribution >= 4 is 5.97 Å². The van der Waals surface area contributed by atoms with Crippen LogP contribution in [0.1, 0.15) is 107 Å². The summed E-state index contributed by atoms with van der Waals surface area (Å²) in [6.07, 6.45) is 6.53. The summed E-state index contributed by atoms with van der Waals surface area (Å²) in [4.78, 5) is 14.4. The van der Waals surface area contributed by atoms with E-state index >= 15 is 0 Å². The number of hydrogen-bond donors (Lipinski definition) is 3. The summed E-state index contributed by atoms with van der Waals surface area (Å²) in [6, 6.07) is 0. The molecule has 1 spiro atoms. The number of methoxy groups -OCH3 is 2. The van der Waals surface area contributed by atoms with Crippen LogP contribution in [0.2, 0.25) is 0 Å². The minimum atomic E-state index is -1.82. The number of fused-ring (bicyclic) bond motifs is 2. The third-order valence-corrected chi connectivity index (χ3v) is 14.9. The van der Waals surface area contributed by atoms with Crippen LogP contribution in [0.3, 0.4) is 0 Å². The number of ether oxygens (including phenoxy) is 10. The highest BCUT2D eigenvalue weighted by atomic mass is 16.7. The van der Waals surface area contributed by atoms with E-state index in [1.165, 1.54) is 0 Å². The van der Waals surface area contributed by atoms with E-state index in [1.807, 2.05) is 19.1 Å². The Kier molecular flexibility index (Phi) is 15.3. The molecule has 14 heteroatoms. The molecule has 0 radical (unpaired) electrons. The van der Waals surface area contributed by atoms with Crippen LogP contribution in [-0.4, -0.2) is 139 Å². The van der Waals surface area contributed by atoms with E-state index in [1.54, 1.807) is 40.2 Å². The molecular formula is C48H74O14. The summed E-state index contributed by atoms with van der Waals surface area (Å²) in [5.74, 6) is -2.10. The van der Waals surface area contributed by atoms with Gasteiger partial charge >= 0.3 is 5.97 Å². The first-order chi connectivity index (χ1) is 29.5. The van der Waals surface area contributed by atoms with Crippen molar-refractivity contribution in [3.8, 4) is 0 Å². The van der Waals surface area contributed by atoms with Crippen molar-refractivity contribution in [3.63, 3.8) is 0 Å². The largest absolute Gasteiger partial charge is 0.462 e. The van der Waals surface area contributed by atoms with Crippen molar-refractivity contribution in [1.29, 1.82) is 0 Å². The van der Waals surface area contributed by atoms with Gasteiger partial charge in [0, 0.05) is 52.2 Å². The Morgan fingerprint density at radius 3 is 2.35 bits per heavy atom. The van der Waals surface area contributed by atoms with Crippen molar-refractivity contribution in [1.82, 2.24) is 0 Å². The van der Waals surface area contributed by atoms with E-state index in [4.69, 9.17) is 47.4 Å². The lowest BCUT2D eigenvalue weighted by atomic mass is 9.71. The molecule has 2 bridgehead atoms. The Morgan fingerprint density at radius 1 is 0.919 bits per heavy atom. The smallest absolute Gasteiger partial charge is 0.316 e. The third-order valence-electron chi connectivity index (χ3n) is 14.9. The van der Waals surface area contributed by atoms with Gasteiger partial charge in [-0.25, -0.2) is 0 Å². The SMILES string of the molecule is CC[C@H](C)[C@H]1O[C@]2(CC[C@@H]1C)C[C@@H]1C[C@@H](C/C=C(\C)C(O[C@H]3C[C@H](OC)C(O[C@H]4C[C@H](OC)[C@@H](O)[C@H](C)O4)[C@H](C)O3)[C@@H](C)/C=C/C=C3\CO[C@@H]4[C@H](O)C(C)=C[C@@H](C(=O)O1)[C@]34O)O2. The molecule has 6 aliphatic heterocycles.